The molecule has 0 radical (unpaired) electrons. The summed E-state index contributed by atoms with van der Waals surface area (Å²) in [5.74, 6) is 1.01. The number of aryl methyl sites for hydroxylation is 1. The maximum Gasteiger partial charge on any atom is 0.112 e. The van der Waals surface area contributed by atoms with E-state index in [0.29, 0.717) is 6.42 Å². The van der Waals surface area contributed by atoms with Crippen molar-refractivity contribution in [3.05, 3.63) is 30.1 Å². The number of para-hydroxylation sites is 2. The van der Waals surface area contributed by atoms with Crippen LogP contribution in [-0.2, 0) is 13.0 Å². The fourth-order valence-electron chi connectivity index (χ4n) is 2.98. The minimum Gasteiger partial charge on any atom is -0.389 e. The van der Waals surface area contributed by atoms with Gasteiger partial charge in [0, 0.05) is 13.0 Å². The maximum atomic E-state index is 10.7. The van der Waals surface area contributed by atoms with Gasteiger partial charge in [0.25, 0.3) is 0 Å². The van der Waals surface area contributed by atoms with Crippen LogP contribution in [0.5, 0.6) is 0 Å². The van der Waals surface area contributed by atoms with Gasteiger partial charge in [-0.25, -0.2) is 4.98 Å². The first-order valence-electron chi connectivity index (χ1n) is 7.09. The highest BCUT2D eigenvalue weighted by Gasteiger charge is 2.31. The SMILES string of the molecule is CCn1c(CC2(O)CCNCC2)nc2ccccc21. The molecule has 1 aliphatic rings. The van der Waals surface area contributed by atoms with Gasteiger partial charge in [-0.15, -0.1) is 0 Å². The Morgan fingerprint density at radius 2 is 2.05 bits per heavy atom. The molecule has 1 saturated heterocycles. The molecule has 19 heavy (non-hydrogen) atoms. The number of fused-ring (bicyclic) bond motifs is 1. The van der Waals surface area contributed by atoms with Crippen LogP contribution in [0.2, 0.25) is 0 Å². The smallest absolute Gasteiger partial charge is 0.112 e. The van der Waals surface area contributed by atoms with Crippen molar-refractivity contribution < 1.29 is 5.11 Å². The fourth-order valence-corrected chi connectivity index (χ4v) is 2.98. The van der Waals surface area contributed by atoms with E-state index in [1.165, 1.54) is 0 Å². The van der Waals surface area contributed by atoms with E-state index in [0.717, 1.165) is 49.3 Å². The molecule has 0 amide bonds. The second-order valence-corrected chi connectivity index (χ2v) is 5.41. The van der Waals surface area contributed by atoms with Crippen LogP contribution in [0.15, 0.2) is 24.3 Å². The molecule has 102 valence electrons. The Labute approximate surface area is 113 Å². The standard InChI is InChI=1S/C15H21N3O/c1-2-18-13-6-4-3-5-12(13)17-14(18)11-15(19)7-9-16-10-8-15/h3-6,16,19H,2,7-11H2,1H3. The van der Waals surface area contributed by atoms with Crippen LogP contribution in [0.4, 0.5) is 0 Å². The number of imidazole rings is 1. The zero-order valence-electron chi connectivity index (χ0n) is 11.4. The Balaban J connectivity index is 1.95. The topological polar surface area (TPSA) is 50.1 Å². The van der Waals surface area contributed by atoms with E-state index in [4.69, 9.17) is 4.98 Å². The molecule has 0 saturated carbocycles. The van der Waals surface area contributed by atoms with Crippen LogP contribution in [0.3, 0.4) is 0 Å². The van der Waals surface area contributed by atoms with Crippen molar-refractivity contribution in [3.8, 4) is 0 Å². The van der Waals surface area contributed by atoms with Gasteiger partial charge in [0.15, 0.2) is 0 Å². The number of nitrogens with one attached hydrogen (secondary N) is 1. The Bertz CT molecular complexity index is 570. The highest BCUT2D eigenvalue weighted by molar-refractivity contribution is 5.75. The second-order valence-electron chi connectivity index (χ2n) is 5.41. The molecule has 0 bridgehead atoms. The van der Waals surface area contributed by atoms with Gasteiger partial charge in [0.1, 0.15) is 5.82 Å². The van der Waals surface area contributed by atoms with E-state index in [2.05, 4.69) is 22.9 Å². The van der Waals surface area contributed by atoms with E-state index in [9.17, 15) is 5.11 Å². The lowest BCUT2D eigenvalue weighted by molar-refractivity contribution is 0.00854. The Morgan fingerprint density at radius 1 is 1.32 bits per heavy atom. The van der Waals surface area contributed by atoms with Crippen LogP contribution in [0, 0.1) is 0 Å². The molecule has 4 heteroatoms. The molecule has 2 aromatic rings. The highest BCUT2D eigenvalue weighted by atomic mass is 16.3. The van der Waals surface area contributed by atoms with Gasteiger partial charge >= 0.3 is 0 Å². The van der Waals surface area contributed by atoms with Crippen LogP contribution < -0.4 is 5.32 Å². The summed E-state index contributed by atoms with van der Waals surface area (Å²) in [5.41, 5.74) is 1.59. The van der Waals surface area contributed by atoms with Crippen LogP contribution in [0.1, 0.15) is 25.6 Å². The minimum atomic E-state index is -0.598. The zero-order valence-corrected chi connectivity index (χ0v) is 11.4. The van der Waals surface area contributed by atoms with Crippen molar-refractivity contribution in [3.63, 3.8) is 0 Å². The first kappa shape index (κ1) is 12.6. The number of benzene rings is 1. The van der Waals surface area contributed by atoms with E-state index < -0.39 is 5.60 Å². The molecule has 1 aliphatic heterocycles. The third kappa shape index (κ3) is 2.38. The third-order valence-electron chi connectivity index (χ3n) is 4.07. The molecule has 1 aromatic heterocycles. The lowest BCUT2D eigenvalue weighted by Crippen LogP contribution is -2.43. The molecular formula is C15H21N3O. The first-order valence-corrected chi connectivity index (χ1v) is 7.09. The first-order chi connectivity index (χ1) is 9.22. The Morgan fingerprint density at radius 3 is 2.79 bits per heavy atom. The van der Waals surface area contributed by atoms with E-state index >= 15 is 0 Å². The molecular weight excluding hydrogens is 238 g/mol. The number of aliphatic hydroxyl groups is 1. The van der Waals surface area contributed by atoms with Gasteiger partial charge in [-0.1, -0.05) is 12.1 Å². The second kappa shape index (κ2) is 4.94. The number of hydrogen-bond acceptors (Lipinski definition) is 3. The lowest BCUT2D eigenvalue weighted by atomic mass is 9.89. The number of aromatic nitrogens is 2. The molecule has 0 atom stereocenters. The maximum absolute atomic E-state index is 10.7. The van der Waals surface area contributed by atoms with Gasteiger partial charge in [-0.05, 0) is 45.0 Å². The Hall–Kier alpha value is -1.39. The average Bonchev–Trinajstić information content (AvgIpc) is 2.75. The number of rotatable bonds is 3. The van der Waals surface area contributed by atoms with Crippen LogP contribution in [0.25, 0.3) is 11.0 Å². The molecule has 4 nitrogen and oxygen atoms in total. The number of nitrogens with zero attached hydrogens (tertiary/aromatic N) is 2. The molecule has 0 aliphatic carbocycles. The van der Waals surface area contributed by atoms with Crippen molar-refractivity contribution in [2.24, 2.45) is 0 Å². The molecule has 0 unspecified atom stereocenters. The predicted octanol–water partition coefficient (Wildman–Crippen LogP) is 1.71. The monoisotopic (exact) mass is 259 g/mol. The summed E-state index contributed by atoms with van der Waals surface area (Å²) in [6.45, 7) is 4.81. The van der Waals surface area contributed by atoms with Gasteiger partial charge in [0.05, 0.1) is 16.6 Å². The summed E-state index contributed by atoms with van der Waals surface area (Å²) in [5, 5.41) is 14.0. The van der Waals surface area contributed by atoms with Crippen molar-refractivity contribution in [2.75, 3.05) is 13.1 Å². The number of hydrogen-bond donors (Lipinski definition) is 2. The molecule has 0 spiro atoms. The van der Waals surface area contributed by atoms with Crippen LogP contribution >= 0.6 is 0 Å². The number of piperidine rings is 1. The average molecular weight is 259 g/mol. The summed E-state index contributed by atoms with van der Waals surface area (Å²) in [4.78, 5) is 4.71. The summed E-state index contributed by atoms with van der Waals surface area (Å²) >= 11 is 0. The van der Waals surface area contributed by atoms with Crippen LogP contribution in [-0.4, -0.2) is 33.3 Å². The molecule has 3 rings (SSSR count). The van der Waals surface area contributed by atoms with Crippen molar-refractivity contribution >= 4 is 11.0 Å². The van der Waals surface area contributed by atoms with E-state index in [1.807, 2.05) is 18.2 Å². The Kier molecular flexibility index (Phi) is 3.29. The zero-order chi connectivity index (χ0) is 13.3. The normalized spacial score (nSPS) is 18.8. The van der Waals surface area contributed by atoms with Crippen molar-refractivity contribution in [2.45, 2.75) is 38.3 Å². The predicted molar refractivity (Wildman–Crippen MR) is 76.2 cm³/mol. The van der Waals surface area contributed by atoms with Crippen molar-refractivity contribution in [1.29, 1.82) is 0 Å². The molecule has 2 heterocycles. The highest BCUT2D eigenvalue weighted by Crippen LogP contribution is 2.25. The van der Waals surface area contributed by atoms with E-state index in [-0.39, 0.29) is 0 Å². The third-order valence-corrected chi connectivity index (χ3v) is 4.07. The summed E-state index contributed by atoms with van der Waals surface area (Å²) in [6, 6.07) is 8.19. The molecule has 1 fully saturated rings. The molecule has 1 aromatic carbocycles. The summed E-state index contributed by atoms with van der Waals surface area (Å²) in [6.07, 6.45) is 2.26. The lowest BCUT2D eigenvalue weighted by Gasteiger charge is -2.32. The largest absolute Gasteiger partial charge is 0.389 e. The van der Waals surface area contributed by atoms with Gasteiger partial charge < -0.3 is 15.0 Å². The minimum absolute atomic E-state index is 0.598. The summed E-state index contributed by atoms with van der Waals surface area (Å²) < 4.78 is 2.22. The quantitative estimate of drug-likeness (QED) is 0.882. The fraction of sp³-hybridized carbons (Fsp3) is 0.533. The van der Waals surface area contributed by atoms with Gasteiger partial charge in [-0.2, -0.15) is 0 Å². The summed E-state index contributed by atoms with van der Waals surface area (Å²) in [7, 11) is 0. The molecule has 2 N–H and O–H groups in total. The van der Waals surface area contributed by atoms with Crippen molar-refractivity contribution in [1.82, 2.24) is 14.9 Å². The van der Waals surface area contributed by atoms with Gasteiger partial charge in [0.2, 0.25) is 0 Å². The van der Waals surface area contributed by atoms with E-state index in [1.54, 1.807) is 0 Å². The van der Waals surface area contributed by atoms with Gasteiger partial charge in [-0.3, -0.25) is 0 Å².